The van der Waals surface area contributed by atoms with Crippen molar-refractivity contribution in [3.8, 4) is 0 Å². The lowest BCUT2D eigenvalue weighted by Gasteiger charge is -2.13. The highest BCUT2D eigenvalue weighted by molar-refractivity contribution is 8.16. The van der Waals surface area contributed by atoms with E-state index in [4.69, 9.17) is 0 Å². The number of carbonyl (C=O) groups is 2. The standard InChI is InChI=1S/C20H21N3O4S2/c1-3-23-19(25)17(13-18(24)21-15-7-5-4-6-8-15)28-20(23)22-29(26,27)16-11-9-14(2)10-12-16/h4-12,17H,3,13H2,1-2H3,(H,21,24)/b22-20+. The van der Waals surface area contributed by atoms with Gasteiger partial charge >= 0.3 is 0 Å². The summed E-state index contributed by atoms with van der Waals surface area (Å²) in [7, 11) is -3.95. The molecule has 1 fully saturated rings. The van der Waals surface area contributed by atoms with Gasteiger partial charge in [-0.2, -0.15) is 8.42 Å². The average Bonchev–Trinajstić information content (AvgIpc) is 2.96. The van der Waals surface area contributed by atoms with Crippen LogP contribution >= 0.6 is 11.8 Å². The molecule has 1 aliphatic rings. The molecule has 2 aromatic rings. The molecule has 1 heterocycles. The maximum atomic E-state index is 12.7. The fourth-order valence-corrected chi connectivity index (χ4v) is 5.19. The first-order chi connectivity index (χ1) is 13.8. The van der Waals surface area contributed by atoms with Gasteiger partial charge in [-0.1, -0.05) is 47.7 Å². The molecule has 0 spiro atoms. The van der Waals surface area contributed by atoms with Gasteiger partial charge in [0.15, 0.2) is 5.17 Å². The predicted octanol–water partition coefficient (Wildman–Crippen LogP) is 3.03. The summed E-state index contributed by atoms with van der Waals surface area (Å²) in [4.78, 5) is 26.3. The van der Waals surface area contributed by atoms with E-state index < -0.39 is 15.3 Å². The summed E-state index contributed by atoms with van der Waals surface area (Å²) in [5.41, 5.74) is 1.57. The molecule has 0 radical (unpaired) electrons. The van der Waals surface area contributed by atoms with E-state index in [0.717, 1.165) is 17.3 Å². The molecule has 1 N–H and O–H groups in total. The minimum absolute atomic E-state index is 0.0602. The number of hydrogen-bond acceptors (Lipinski definition) is 5. The van der Waals surface area contributed by atoms with Gasteiger partial charge in [0.2, 0.25) is 11.8 Å². The molecule has 3 rings (SSSR count). The van der Waals surface area contributed by atoms with Gasteiger partial charge in [0, 0.05) is 18.7 Å². The van der Waals surface area contributed by atoms with E-state index in [0.29, 0.717) is 5.69 Å². The number of thioether (sulfide) groups is 1. The average molecular weight is 432 g/mol. The summed E-state index contributed by atoms with van der Waals surface area (Å²) in [5, 5.41) is 2.11. The zero-order valence-electron chi connectivity index (χ0n) is 16.0. The van der Waals surface area contributed by atoms with Crippen molar-refractivity contribution < 1.29 is 18.0 Å². The molecule has 1 atom stereocenters. The molecule has 0 aliphatic carbocycles. The van der Waals surface area contributed by atoms with Crippen LogP contribution in [-0.2, 0) is 19.6 Å². The molecule has 1 aliphatic heterocycles. The van der Waals surface area contributed by atoms with Gasteiger partial charge in [0.1, 0.15) is 5.25 Å². The maximum absolute atomic E-state index is 12.7. The van der Waals surface area contributed by atoms with Gasteiger partial charge in [0.25, 0.3) is 10.0 Å². The predicted molar refractivity (Wildman–Crippen MR) is 114 cm³/mol. The van der Waals surface area contributed by atoms with E-state index in [1.807, 2.05) is 13.0 Å². The maximum Gasteiger partial charge on any atom is 0.284 e. The summed E-state index contributed by atoms with van der Waals surface area (Å²) in [5.74, 6) is -0.640. The number of anilines is 1. The summed E-state index contributed by atoms with van der Waals surface area (Å²) in [6.07, 6.45) is -0.0709. The molecule has 0 aromatic heterocycles. The lowest BCUT2D eigenvalue weighted by Crippen LogP contribution is -2.33. The van der Waals surface area contributed by atoms with Crippen molar-refractivity contribution in [3.63, 3.8) is 0 Å². The number of amidine groups is 1. The molecular formula is C20H21N3O4S2. The van der Waals surface area contributed by atoms with Crippen molar-refractivity contribution in [2.24, 2.45) is 4.40 Å². The number of aryl methyl sites for hydroxylation is 1. The molecular weight excluding hydrogens is 410 g/mol. The van der Waals surface area contributed by atoms with Gasteiger partial charge in [-0.25, -0.2) is 0 Å². The Balaban J connectivity index is 1.77. The van der Waals surface area contributed by atoms with Crippen LogP contribution < -0.4 is 5.32 Å². The SMILES string of the molecule is CCN1C(=O)C(CC(=O)Nc2ccccc2)S/C1=N/S(=O)(=O)c1ccc(C)cc1. The highest BCUT2D eigenvalue weighted by Gasteiger charge is 2.39. The van der Waals surface area contributed by atoms with Gasteiger partial charge in [0.05, 0.1) is 4.90 Å². The van der Waals surface area contributed by atoms with Crippen LogP contribution in [0.4, 0.5) is 5.69 Å². The lowest BCUT2D eigenvalue weighted by atomic mass is 10.2. The third-order valence-electron chi connectivity index (χ3n) is 4.28. The first-order valence-corrected chi connectivity index (χ1v) is 11.4. The summed E-state index contributed by atoms with van der Waals surface area (Å²) >= 11 is 1.00. The first kappa shape index (κ1) is 21.1. The van der Waals surface area contributed by atoms with E-state index in [2.05, 4.69) is 9.71 Å². The highest BCUT2D eigenvalue weighted by atomic mass is 32.2. The van der Waals surface area contributed by atoms with Crippen LogP contribution in [0, 0.1) is 6.92 Å². The summed E-state index contributed by atoms with van der Waals surface area (Å²) in [6, 6.07) is 15.3. The minimum Gasteiger partial charge on any atom is -0.326 e. The van der Waals surface area contributed by atoms with E-state index >= 15 is 0 Å². The number of amides is 2. The third-order valence-corrected chi connectivity index (χ3v) is 6.85. The van der Waals surface area contributed by atoms with Crippen LogP contribution in [0.3, 0.4) is 0 Å². The molecule has 152 valence electrons. The molecule has 2 aromatic carbocycles. The fraction of sp³-hybridized carbons (Fsp3) is 0.250. The molecule has 2 amide bonds. The lowest BCUT2D eigenvalue weighted by molar-refractivity contribution is -0.128. The topological polar surface area (TPSA) is 95.9 Å². The van der Waals surface area contributed by atoms with Gasteiger partial charge in [-0.15, -0.1) is 4.40 Å². The van der Waals surface area contributed by atoms with Crippen molar-refractivity contribution >= 4 is 44.5 Å². The van der Waals surface area contributed by atoms with Crippen LogP contribution in [0.15, 0.2) is 63.9 Å². The Morgan fingerprint density at radius 3 is 2.41 bits per heavy atom. The van der Waals surface area contributed by atoms with Crippen molar-refractivity contribution in [1.82, 2.24) is 4.90 Å². The number of benzene rings is 2. The Bertz CT molecular complexity index is 1040. The van der Waals surface area contributed by atoms with Crippen LogP contribution in [-0.4, -0.2) is 42.1 Å². The molecule has 0 saturated carbocycles. The molecule has 1 unspecified atom stereocenters. The Morgan fingerprint density at radius 2 is 1.79 bits per heavy atom. The number of nitrogens with one attached hydrogen (secondary N) is 1. The van der Waals surface area contributed by atoms with Crippen molar-refractivity contribution in [2.75, 3.05) is 11.9 Å². The second-order valence-corrected chi connectivity index (χ2v) is 9.24. The number of para-hydroxylation sites is 1. The second kappa shape index (κ2) is 8.79. The Kier molecular flexibility index (Phi) is 6.39. The largest absolute Gasteiger partial charge is 0.326 e. The summed E-state index contributed by atoms with van der Waals surface area (Å²) in [6.45, 7) is 3.86. The Hall–Kier alpha value is -2.65. The van der Waals surface area contributed by atoms with Gasteiger partial charge in [-0.3, -0.25) is 14.5 Å². The van der Waals surface area contributed by atoms with Crippen LogP contribution in [0.5, 0.6) is 0 Å². The van der Waals surface area contributed by atoms with Crippen LogP contribution in [0.25, 0.3) is 0 Å². The first-order valence-electron chi connectivity index (χ1n) is 9.04. The number of sulfonamides is 1. The van der Waals surface area contributed by atoms with Crippen molar-refractivity contribution in [3.05, 3.63) is 60.2 Å². The molecule has 0 bridgehead atoms. The number of rotatable bonds is 6. The second-order valence-electron chi connectivity index (χ2n) is 6.47. The minimum atomic E-state index is -3.95. The highest BCUT2D eigenvalue weighted by Crippen LogP contribution is 2.31. The Labute approximate surface area is 174 Å². The van der Waals surface area contributed by atoms with Crippen LogP contribution in [0.2, 0.25) is 0 Å². The van der Waals surface area contributed by atoms with E-state index in [-0.39, 0.29) is 34.8 Å². The van der Waals surface area contributed by atoms with E-state index in [1.54, 1.807) is 43.3 Å². The van der Waals surface area contributed by atoms with Crippen molar-refractivity contribution in [1.29, 1.82) is 0 Å². The fourth-order valence-electron chi connectivity index (χ4n) is 2.77. The van der Waals surface area contributed by atoms with Gasteiger partial charge in [-0.05, 0) is 38.1 Å². The zero-order valence-corrected chi connectivity index (χ0v) is 17.7. The van der Waals surface area contributed by atoms with E-state index in [1.165, 1.54) is 17.0 Å². The summed E-state index contributed by atoms with van der Waals surface area (Å²) < 4.78 is 29.1. The van der Waals surface area contributed by atoms with E-state index in [9.17, 15) is 18.0 Å². The molecule has 7 nitrogen and oxygen atoms in total. The smallest absolute Gasteiger partial charge is 0.284 e. The molecule has 1 saturated heterocycles. The third kappa shape index (κ3) is 5.04. The Morgan fingerprint density at radius 1 is 1.14 bits per heavy atom. The molecule has 29 heavy (non-hydrogen) atoms. The van der Waals surface area contributed by atoms with Crippen LogP contribution in [0.1, 0.15) is 18.9 Å². The normalized spacial score (nSPS) is 18.3. The zero-order chi connectivity index (χ0) is 21.0. The number of carbonyl (C=O) groups excluding carboxylic acids is 2. The quantitative estimate of drug-likeness (QED) is 0.758. The number of nitrogens with zero attached hydrogens (tertiary/aromatic N) is 2. The number of hydrogen-bond donors (Lipinski definition) is 1. The monoisotopic (exact) mass is 431 g/mol. The van der Waals surface area contributed by atoms with Crippen molar-refractivity contribution in [2.45, 2.75) is 30.4 Å². The molecule has 9 heteroatoms. The van der Waals surface area contributed by atoms with Gasteiger partial charge < -0.3 is 5.32 Å².